The van der Waals surface area contributed by atoms with Gasteiger partial charge in [-0.25, -0.2) is 0 Å². The van der Waals surface area contributed by atoms with Crippen molar-refractivity contribution in [1.82, 2.24) is 4.73 Å². The molecule has 5 nitrogen and oxygen atoms in total. The highest BCUT2D eigenvalue weighted by molar-refractivity contribution is 5.96. The highest BCUT2D eigenvalue weighted by Crippen LogP contribution is 2.24. The molecule has 3 rings (SSSR count). The van der Waals surface area contributed by atoms with Gasteiger partial charge < -0.3 is 14.9 Å². The molecule has 2 aromatic carbocycles. The van der Waals surface area contributed by atoms with Gasteiger partial charge in [-0.15, -0.1) is 0 Å². The predicted molar refractivity (Wildman–Crippen MR) is 89.8 cm³/mol. The van der Waals surface area contributed by atoms with Crippen LogP contribution >= 0.6 is 0 Å². The van der Waals surface area contributed by atoms with E-state index in [-0.39, 0.29) is 12.3 Å². The molecule has 0 saturated heterocycles. The van der Waals surface area contributed by atoms with Gasteiger partial charge in [0, 0.05) is 11.6 Å². The summed E-state index contributed by atoms with van der Waals surface area (Å²) in [5.74, 6) is 0.536. The van der Waals surface area contributed by atoms with E-state index in [2.05, 4.69) is 5.32 Å². The molecule has 0 unspecified atom stereocenters. The number of ether oxygens (including phenoxy) is 1. The highest BCUT2D eigenvalue weighted by atomic mass is 16.6. The van der Waals surface area contributed by atoms with Crippen LogP contribution in [-0.4, -0.2) is 24.9 Å². The zero-order valence-electron chi connectivity index (χ0n) is 13.1. The molecular weight excluding hydrogens is 292 g/mol. The Morgan fingerprint density at radius 1 is 1.09 bits per heavy atom. The fourth-order valence-corrected chi connectivity index (χ4v) is 2.63. The van der Waals surface area contributed by atoms with Crippen molar-refractivity contribution >= 4 is 22.5 Å². The van der Waals surface area contributed by atoms with E-state index in [1.165, 1.54) is 0 Å². The zero-order chi connectivity index (χ0) is 16.2. The second-order valence-electron chi connectivity index (χ2n) is 5.11. The van der Waals surface area contributed by atoms with Gasteiger partial charge in [0.2, 0.25) is 5.91 Å². The molecule has 5 heteroatoms. The number of carbonyl (C=O) groups excluding carboxylic acids is 1. The third kappa shape index (κ3) is 2.99. The Bertz CT molecular complexity index is 839. The monoisotopic (exact) mass is 310 g/mol. The summed E-state index contributed by atoms with van der Waals surface area (Å²) in [6, 6.07) is 15.2. The molecule has 0 aliphatic carbocycles. The molecule has 0 spiro atoms. The Hall–Kier alpha value is -2.95. The molecular formula is C18H18N2O3. The third-order valence-electron chi connectivity index (χ3n) is 3.69. The van der Waals surface area contributed by atoms with Crippen LogP contribution in [0.25, 0.3) is 10.9 Å². The summed E-state index contributed by atoms with van der Waals surface area (Å²) in [6.07, 6.45) is 2.10. The first-order chi connectivity index (χ1) is 11.2. The summed E-state index contributed by atoms with van der Waals surface area (Å²) < 4.78 is 6.92. The molecule has 1 aromatic heterocycles. The summed E-state index contributed by atoms with van der Waals surface area (Å²) in [5.41, 5.74) is 2.51. The SMILES string of the molecule is COc1ccccc1NC(=O)Cc1cn(OC)c2ccccc12. The van der Waals surface area contributed by atoms with Gasteiger partial charge in [0.15, 0.2) is 0 Å². The number of benzene rings is 2. The molecule has 0 bridgehead atoms. The van der Waals surface area contributed by atoms with Crippen LogP contribution < -0.4 is 14.9 Å². The lowest BCUT2D eigenvalue weighted by Crippen LogP contribution is -2.15. The Labute approximate surface area is 134 Å². The number of hydrogen-bond donors (Lipinski definition) is 1. The molecule has 1 amide bonds. The van der Waals surface area contributed by atoms with Crippen LogP contribution in [0.2, 0.25) is 0 Å². The van der Waals surface area contributed by atoms with Gasteiger partial charge in [-0.1, -0.05) is 30.3 Å². The van der Waals surface area contributed by atoms with Gasteiger partial charge in [-0.3, -0.25) is 4.79 Å². The molecule has 3 aromatic rings. The number of amides is 1. The maximum absolute atomic E-state index is 12.4. The lowest BCUT2D eigenvalue weighted by molar-refractivity contribution is -0.115. The van der Waals surface area contributed by atoms with Gasteiger partial charge in [0.05, 0.1) is 24.7 Å². The van der Waals surface area contributed by atoms with Crippen LogP contribution in [0.1, 0.15) is 5.56 Å². The van der Waals surface area contributed by atoms with E-state index in [4.69, 9.17) is 9.57 Å². The Balaban J connectivity index is 1.83. The van der Waals surface area contributed by atoms with Gasteiger partial charge in [0.1, 0.15) is 12.9 Å². The Morgan fingerprint density at radius 2 is 1.83 bits per heavy atom. The number of nitrogens with zero attached hydrogens (tertiary/aromatic N) is 1. The number of aromatic nitrogens is 1. The Morgan fingerprint density at radius 3 is 2.61 bits per heavy atom. The van der Waals surface area contributed by atoms with Crippen LogP contribution in [0, 0.1) is 0 Å². The largest absolute Gasteiger partial charge is 0.495 e. The molecule has 0 aliphatic rings. The van der Waals surface area contributed by atoms with Crippen molar-refractivity contribution in [3.05, 3.63) is 60.3 Å². The number of para-hydroxylation sites is 3. The van der Waals surface area contributed by atoms with Crippen molar-refractivity contribution in [3.8, 4) is 5.75 Å². The molecule has 0 radical (unpaired) electrons. The average Bonchev–Trinajstić information content (AvgIpc) is 2.93. The second kappa shape index (κ2) is 6.44. The van der Waals surface area contributed by atoms with E-state index in [9.17, 15) is 4.79 Å². The number of anilines is 1. The minimum atomic E-state index is -0.103. The molecule has 0 aliphatic heterocycles. The lowest BCUT2D eigenvalue weighted by atomic mass is 10.1. The molecule has 1 heterocycles. The lowest BCUT2D eigenvalue weighted by Gasteiger charge is -2.09. The van der Waals surface area contributed by atoms with Crippen LogP contribution in [0.5, 0.6) is 5.75 Å². The number of rotatable bonds is 5. The maximum atomic E-state index is 12.4. The maximum Gasteiger partial charge on any atom is 0.228 e. The normalized spacial score (nSPS) is 10.5. The van der Waals surface area contributed by atoms with Crippen molar-refractivity contribution in [1.29, 1.82) is 0 Å². The minimum absolute atomic E-state index is 0.103. The van der Waals surface area contributed by atoms with Crippen molar-refractivity contribution < 1.29 is 14.4 Å². The van der Waals surface area contributed by atoms with Gasteiger partial charge in [-0.05, 0) is 23.8 Å². The number of methoxy groups -OCH3 is 1. The summed E-state index contributed by atoms with van der Waals surface area (Å²) in [5, 5.41) is 3.89. The van der Waals surface area contributed by atoms with Crippen molar-refractivity contribution in [3.63, 3.8) is 0 Å². The van der Waals surface area contributed by atoms with E-state index in [1.807, 2.05) is 54.7 Å². The van der Waals surface area contributed by atoms with Crippen molar-refractivity contribution in [2.24, 2.45) is 0 Å². The van der Waals surface area contributed by atoms with Crippen LogP contribution in [0.15, 0.2) is 54.7 Å². The predicted octanol–water partition coefficient (Wildman–Crippen LogP) is 2.89. The standard InChI is InChI=1S/C18H18N2O3/c1-22-17-10-6-4-8-15(17)19-18(21)11-13-12-20(23-2)16-9-5-3-7-14(13)16/h3-10,12H,11H2,1-2H3,(H,19,21). The first kappa shape index (κ1) is 15.0. The van der Waals surface area contributed by atoms with Crippen LogP contribution in [0.4, 0.5) is 5.69 Å². The minimum Gasteiger partial charge on any atom is -0.495 e. The molecule has 23 heavy (non-hydrogen) atoms. The smallest absolute Gasteiger partial charge is 0.228 e. The van der Waals surface area contributed by atoms with Gasteiger partial charge in [-0.2, -0.15) is 4.73 Å². The summed E-state index contributed by atoms with van der Waals surface area (Å²) >= 11 is 0. The summed E-state index contributed by atoms with van der Waals surface area (Å²) in [6.45, 7) is 0. The number of hydrogen-bond acceptors (Lipinski definition) is 3. The number of nitrogens with one attached hydrogen (secondary N) is 1. The molecule has 0 atom stereocenters. The fourth-order valence-electron chi connectivity index (χ4n) is 2.63. The van der Waals surface area contributed by atoms with Gasteiger partial charge in [0.25, 0.3) is 0 Å². The van der Waals surface area contributed by atoms with Crippen molar-refractivity contribution in [2.75, 3.05) is 19.5 Å². The van der Waals surface area contributed by atoms with E-state index in [0.29, 0.717) is 11.4 Å². The first-order valence-electron chi connectivity index (χ1n) is 7.29. The fraction of sp³-hybridized carbons (Fsp3) is 0.167. The summed E-state index contributed by atoms with van der Waals surface area (Å²) in [4.78, 5) is 17.7. The zero-order valence-corrected chi connectivity index (χ0v) is 13.1. The van der Waals surface area contributed by atoms with Crippen LogP contribution in [0.3, 0.4) is 0 Å². The molecule has 118 valence electrons. The molecule has 0 saturated carbocycles. The van der Waals surface area contributed by atoms with E-state index in [1.54, 1.807) is 19.0 Å². The van der Waals surface area contributed by atoms with E-state index >= 15 is 0 Å². The van der Waals surface area contributed by atoms with E-state index in [0.717, 1.165) is 16.5 Å². The molecule has 0 fully saturated rings. The van der Waals surface area contributed by atoms with Crippen molar-refractivity contribution in [2.45, 2.75) is 6.42 Å². The van der Waals surface area contributed by atoms with E-state index < -0.39 is 0 Å². The second-order valence-corrected chi connectivity index (χ2v) is 5.11. The number of carbonyl (C=O) groups is 1. The van der Waals surface area contributed by atoms with Gasteiger partial charge >= 0.3 is 0 Å². The topological polar surface area (TPSA) is 52.5 Å². The average molecular weight is 310 g/mol. The highest BCUT2D eigenvalue weighted by Gasteiger charge is 2.13. The third-order valence-corrected chi connectivity index (χ3v) is 3.69. The molecule has 1 N–H and O–H groups in total. The van der Waals surface area contributed by atoms with Crippen LogP contribution in [-0.2, 0) is 11.2 Å². The quantitative estimate of drug-likeness (QED) is 0.788. The number of fused-ring (bicyclic) bond motifs is 1. The first-order valence-corrected chi connectivity index (χ1v) is 7.29. The Kier molecular flexibility index (Phi) is 4.19. The summed E-state index contributed by atoms with van der Waals surface area (Å²) in [7, 11) is 3.18.